The van der Waals surface area contributed by atoms with E-state index in [0.29, 0.717) is 0 Å². The van der Waals surface area contributed by atoms with Gasteiger partial charge in [0.2, 0.25) is 0 Å². The van der Waals surface area contributed by atoms with Crippen LogP contribution in [0.5, 0.6) is 5.75 Å². The first-order chi connectivity index (χ1) is 7.29. The molecule has 78 valence electrons. The van der Waals surface area contributed by atoms with Gasteiger partial charge in [-0.1, -0.05) is 0 Å². The molecule has 0 spiro atoms. The Morgan fingerprint density at radius 1 is 1.07 bits per heavy atom. The SMILES string of the molecule is N#CN1CCN(c2ccc(O)cc2)CC1. The fraction of sp³-hybridized carbons (Fsp3) is 0.364. The number of hydrogen-bond donors (Lipinski definition) is 1. The second-order valence-electron chi connectivity index (χ2n) is 3.59. The third-order valence-corrected chi connectivity index (χ3v) is 2.64. The molecule has 0 aromatic heterocycles. The Kier molecular flexibility index (Phi) is 2.64. The van der Waals surface area contributed by atoms with Gasteiger partial charge in [0.1, 0.15) is 5.75 Å². The van der Waals surface area contributed by atoms with E-state index in [-0.39, 0.29) is 5.75 Å². The quantitative estimate of drug-likeness (QED) is 0.692. The van der Waals surface area contributed by atoms with Crippen molar-refractivity contribution in [1.29, 1.82) is 5.26 Å². The molecule has 1 aromatic carbocycles. The van der Waals surface area contributed by atoms with Crippen molar-refractivity contribution < 1.29 is 5.11 Å². The van der Waals surface area contributed by atoms with E-state index in [1.165, 1.54) is 0 Å². The van der Waals surface area contributed by atoms with E-state index in [1.54, 1.807) is 17.0 Å². The lowest BCUT2D eigenvalue weighted by Gasteiger charge is -2.33. The summed E-state index contributed by atoms with van der Waals surface area (Å²) in [4.78, 5) is 3.98. The normalized spacial score (nSPS) is 16.2. The van der Waals surface area contributed by atoms with Crippen LogP contribution >= 0.6 is 0 Å². The largest absolute Gasteiger partial charge is 0.508 e. The van der Waals surface area contributed by atoms with Gasteiger partial charge in [0.15, 0.2) is 6.19 Å². The molecule has 1 fully saturated rings. The van der Waals surface area contributed by atoms with Crippen molar-refractivity contribution in [3.8, 4) is 11.9 Å². The molecule has 4 nitrogen and oxygen atoms in total. The molecule has 0 amide bonds. The molecule has 1 aliphatic rings. The monoisotopic (exact) mass is 203 g/mol. The van der Waals surface area contributed by atoms with Crippen LogP contribution in [0.1, 0.15) is 0 Å². The van der Waals surface area contributed by atoms with E-state index >= 15 is 0 Å². The third kappa shape index (κ3) is 2.13. The summed E-state index contributed by atoms with van der Waals surface area (Å²) in [5, 5.41) is 17.9. The Balaban J connectivity index is 2.02. The zero-order valence-electron chi connectivity index (χ0n) is 8.43. The number of nitriles is 1. The highest BCUT2D eigenvalue weighted by molar-refractivity contribution is 5.49. The van der Waals surface area contributed by atoms with Gasteiger partial charge in [0.05, 0.1) is 0 Å². The summed E-state index contributed by atoms with van der Waals surface area (Å²) in [6, 6.07) is 7.17. The second kappa shape index (κ2) is 4.09. The molecule has 0 aliphatic carbocycles. The van der Waals surface area contributed by atoms with Crippen molar-refractivity contribution in [2.45, 2.75) is 0 Å². The smallest absolute Gasteiger partial charge is 0.179 e. The number of piperazine rings is 1. The molecule has 0 bridgehead atoms. The van der Waals surface area contributed by atoms with E-state index in [1.807, 2.05) is 12.1 Å². The number of benzene rings is 1. The summed E-state index contributed by atoms with van der Waals surface area (Å²) >= 11 is 0. The molecule has 4 heteroatoms. The minimum Gasteiger partial charge on any atom is -0.508 e. The molecule has 0 unspecified atom stereocenters. The minimum atomic E-state index is 0.286. The van der Waals surface area contributed by atoms with Gasteiger partial charge in [-0.2, -0.15) is 5.26 Å². The molecule has 1 aromatic rings. The van der Waals surface area contributed by atoms with Crippen molar-refractivity contribution in [1.82, 2.24) is 4.90 Å². The summed E-state index contributed by atoms with van der Waals surface area (Å²) in [6.45, 7) is 3.27. The number of rotatable bonds is 1. The molecule has 1 aliphatic heterocycles. The third-order valence-electron chi connectivity index (χ3n) is 2.64. The lowest BCUT2D eigenvalue weighted by atomic mass is 10.2. The van der Waals surface area contributed by atoms with Gasteiger partial charge in [-0.05, 0) is 24.3 Å². The van der Waals surface area contributed by atoms with Gasteiger partial charge >= 0.3 is 0 Å². The van der Waals surface area contributed by atoms with Gasteiger partial charge in [-0.15, -0.1) is 0 Å². The maximum absolute atomic E-state index is 9.17. The van der Waals surface area contributed by atoms with Gasteiger partial charge < -0.3 is 14.9 Å². The molecule has 0 atom stereocenters. The van der Waals surface area contributed by atoms with Gasteiger partial charge in [-0.3, -0.25) is 0 Å². The molecule has 1 N–H and O–H groups in total. The topological polar surface area (TPSA) is 50.5 Å². The number of phenolic OH excluding ortho intramolecular Hbond substituents is 1. The average Bonchev–Trinajstić information content (AvgIpc) is 2.30. The molecule has 1 saturated heterocycles. The summed E-state index contributed by atoms with van der Waals surface area (Å²) < 4.78 is 0. The molecule has 0 radical (unpaired) electrons. The van der Waals surface area contributed by atoms with Crippen molar-refractivity contribution in [2.75, 3.05) is 31.1 Å². The predicted molar refractivity (Wildman–Crippen MR) is 57.5 cm³/mol. The highest BCUT2D eigenvalue weighted by atomic mass is 16.3. The van der Waals surface area contributed by atoms with Gasteiger partial charge in [0.25, 0.3) is 0 Å². The number of nitrogens with zero attached hydrogens (tertiary/aromatic N) is 3. The van der Waals surface area contributed by atoms with Crippen molar-refractivity contribution >= 4 is 5.69 Å². The number of aromatic hydroxyl groups is 1. The summed E-state index contributed by atoms with van der Waals surface area (Å²) in [7, 11) is 0. The predicted octanol–water partition coefficient (Wildman–Crippen LogP) is 0.995. The van der Waals surface area contributed by atoms with Crippen LogP contribution in [0.15, 0.2) is 24.3 Å². The van der Waals surface area contributed by atoms with E-state index in [9.17, 15) is 0 Å². The Morgan fingerprint density at radius 2 is 1.67 bits per heavy atom. The summed E-state index contributed by atoms with van der Waals surface area (Å²) in [5.74, 6) is 0.286. The minimum absolute atomic E-state index is 0.286. The second-order valence-corrected chi connectivity index (χ2v) is 3.59. The van der Waals surface area contributed by atoms with Gasteiger partial charge in [-0.25, -0.2) is 0 Å². The van der Waals surface area contributed by atoms with E-state index in [4.69, 9.17) is 10.4 Å². The number of anilines is 1. The lowest BCUT2D eigenvalue weighted by molar-refractivity contribution is 0.363. The Morgan fingerprint density at radius 3 is 2.20 bits per heavy atom. The maximum atomic E-state index is 9.17. The highest BCUT2D eigenvalue weighted by Crippen LogP contribution is 2.19. The van der Waals surface area contributed by atoms with Crippen LogP contribution in [0, 0.1) is 11.5 Å². The molecule has 15 heavy (non-hydrogen) atoms. The van der Waals surface area contributed by atoms with Crippen LogP contribution in [0.2, 0.25) is 0 Å². The average molecular weight is 203 g/mol. The Labute approximate surface area is 89.0 Å². The van der Waals surface area contributed by atoms with E-state index in [0.717, 1.165) is 31.9 Å². The summed E-state index contributed by atoms with van der Waals surface area (Å²) in [6.07, 6.45) is 2.15. The van der Waals surface area contributed by atoms with Gasteiger partial charge in [0, 0.05) is 31.9 Å². The lowest BCUT2D eigenvalue weighted by Crippen LogP contribution is -2.44. The van der Waals surface area contributed by atoms with Crippen LogP contribution in [0.3, 0.4) is 0 Å². The van der Waals surface area contributed by atoms with Crippen molar-refractivity contribution in [3.05, 3.63) is 24.3 Å². The van der Waals surface area contributed by atoms with Crippen molar-refractivity contribution in [3.63, 3.8) is 0 Å². The number of hydrogen-bond acceptors (Lipinski definition) is 4. The van der Waals surface area contributed by atoms with Crippen LogP contribution in [0.25, 0.3) is 0 Å². The van der Waals surface area contributed by atoms with Crippen LogP contribution < -0.4 is 4.90 Å². The highest BCUT2D eigenvalue weighted by Gasteiger charge is 2.15. The fourth-order valence-corrected chi connectivity index (χ4v) is 1.73. The zero-order valence-corrected chi connectivity index (χ0v) is 8.43. The standard InChI is InChI=1S/C11H13N3O/c12-9-13-5-7-14(8-6-13)10-1-3-11(15)4-2-10/h1-4,15H,5-8H2. The molecule has 2 rings (SSSR count). The Hall–Kier alpha value is -1.89. The van der Waals surface area contributed by atoms with Crippen LogP contribution in [-0.2, 0) is 0 Å². The van der Waals surface area contributed by atoms with E-state index in [2.05, 4.69) is 11.1 Å². The molecule has 1 heterocycles. The first-order valence-electron chi connectivity index (χ1n) is 4.98. The molecule has 0 saturated carbocycles. The zero-order chi connectivity index (χ0) is 10.7. The maximum Gasteiger partial charge on any atom is 0.179 e. The molecular weight excluding hydrogens is 190 g/mol. The first kappa shape index (κ1) is 9.66. The number of phenols is 1. The van der Waals surface area contributed by atoms with Crippen LogP contribution in [-0.4, -0.2) is 36.2 Å². The van der Waals surface area contributed by atoms with Crippen LogP contribution in [0.4, 0.5) is 5.69 Å². The summed E-state index contributed by atoms with van der Waals surface area (Å²) in [5.41, 5.74) is 1.10. The fourth-order valence-electron chi connectivity index (χ4n) is 1.73. The Bertz CT molecular complexity index is 360. The van der Waals surface area contributed by atoms with E-state index < -0.39 is 0 Å². The first-order valence-corrected chi connectivity index (χ1v) is 4.98. The molecular formula is C11H13N3O. The van der Waals surface area contributed by atoms with Crippen molar-refractivity contribution in [2.24, 2.45) is 0 Å².